The molecule has 3 heterocycles. The Hall–Kier alpha value is -0.960. The molecule has 5 rings (SSSR count). The van der Waals surface area contributed by atoms with Crippen molar-refractivity contribution in [2.75, 3.05) is 20.1 Å². The lowest BCUT2D eigenvalue weighted by Crippen LogP contribution is -2.55. The molecular formula is C20H31ClFN5O2. The Morgan fingerprint density at radius 2 is 1.90 bits per heavy atom. The SMILES string of the molecule is CN(C(=O)C1NNC2CCN(C(=O)C3CC4CC(F)C(Cl)CC4N3)CC21)C1CC1. The summed E-state index contributed by atoms with van der Waals surface area (Å²) in [6.07, 6.45) is 3.73. The van der Waals surface area contributed by atoms with Crippen LogP contribution in [0, 0.1) is 11.8 Å². The minimum absolute atomic E-state index is 0.0764. The molecule has 3 saturated heterocycles. The number of hydrazine groups is 1. The maximum Gasteiger partial charge on any atom is 0.241 e. The van der Waals surface area contributed by atoms with Crippen molar-refractivity contribution in [3.63, 3.8) is 0 Å². The Labute approximate surface area is 176 Å². The van der Waals surface area contributed by atoms with E-state index in [1.54, 1.807) is 0 Å². The zero-order chi connectivity index (χ0) is 20.3. The van der Waals surface area contributed by atoms with Gasteiger partial charge in [0.15, 0.2) is 0 Å². The average Bonchev–Trinajstić information content (AvgIpc) is 3.36. The van der Waals surface area contributed by atoms with Crippen molar-refractivity contribution < 1.29 is 14.0 Å². The standard InChI is InChI=1S/C20H31ClFN5O2/c1-26(11-2-3-11)20(29)18-12-9-27(5-4-15(12)24-25-18)19(28)17-7-10-6-14(22)13(21)8-16(10)23-17/h10-18,23-25H,2-9H2,1H3. The van der Waals surface area contributed by atoms with Crippen molar-refractivity contribution in [2.24, 2.45) is 11.8 Å². The van der Waals surface area contributed by atoms with Gasteiger partial charge in [0.2, 0.25) is 11.8 Å². The van der Waals surface area contributed by atoms with Crippen molar-refractivity contribution in [3.8, 4) is 0 Å². The molecule has 0 aromatic carbocycles. The normalized spacial score (nSPS) is 44.3. The summed E-state index contributed by atoms with van der Waals surface area (Å²) in [5, 5.41) is 2.97. The van der Waals surface area contributed by atoms with Gasteiger partial charge in [0.05, 0.1) is 11.4 Å². The molecule has 9 heteroatoms. The molecule has 3 N–H and O–H groups in total. The third-order valence-electron chi connectivity index (χ3n) is 7.75. The van der Waals surface area contributed by atoms with Crippen LogP contribution in [0.1, 0.15) is 38.5 Å². The van der Waals surface area contributed by atoms with Gasteiger partial charge in [-0.25, -0.2) is 9.82 Å². The molecule has 2 saturated carbocycles. The number of hydrogen-bond acceptors (Lipinski definition) is 5. The van der Waals surface area contributed by atoms with Crippen LogP contribution in [0.25, 0.3) is 0 Å². The predicted molar refractivity (Wildman–Crippen MR) is 107 cm³/mol. The Morgan fingerprint density at radius 3 is 2.66 bits per heavy atom. The van der Waals surface area contributed by atoms with Crippen LogP contribution in [-0.4, -0.2) is 83.5 Å². The molecule has 7 nitrogen and oxygen atoms in total. The van der Waals surface area contributed by atoms with Crippen LogP contribution < -0.4 is 16.2 Å². The van der Waals surface area contributed by atoms with E-state index in [-0.39, 0.29) is 47.8 Å². The molecule has 0 radical (unpaired) electrons. The smallest absolute Gasteiger partial charge is 0.241 e. The molecule has 5 fully saturated rings. The maximum absolute atomic E-state index is 14.0. The van der Waals surface area contributed by atoms with Crippen LogP contribution in [0.3, 0.4) is 0 Å². The van der Waals surface area contributed by atoms with E-state index < -0.39 is 11.5 Å². The Kier molecular flexibility index (Phi) is 5.25. The molecule has 0 aromatic heterocycles. The first-order valence-corrected chi connectivity index (χ1v) is 11.5. The molecular weight excluding hydrogens is 397 g/mol. The van der Waals surface area contributed by atoms with E-state index >= 15 is 0 Å². The molecule has 5 aliphatic rings. The van der Waals surface area contributed by atoms with Gasteiger partial charge in [-0.2, -0.15) is 0 Å². The lowest BCUT2D eigenvalue weighted by atomic mass is 9.83. The molecule has 0 aromatic rings. The number of likely N-dealkylation sites (tertiary alicyclic amines) is 1. The zero-order valence-electron chi connectivity index (χ0n) is 16.8. The van der Waals surface area contributed by atoms with Gasteiger partial charge in [-0.3, -0.25) is 15.0 Å². The molecule has 2 amide bonds. The van der Waals surface area contributed by atoms with Gasteiger partial charge in [0, 0.05) is 44.2 Å². The number of carbonyl (C=O) groups is 2. The largest absolute Gasteiger partial charge is 0.341 e. The second-order valence-corrected chi connectivity index (χ2v) is 10.2. The summed E-state index contributed by atoms with van der Waals surface area (Å²) in [6, 6.07) is 0.170. The van der Waals surface area contributed by atoms with E-state index in [0.29, 0.717) is 38.4 Å². The number of nitrogens with zero attached hydrogens (tertiary/aromatic N) is 2. The fraction of sp³-hybridized carbons (Fsp3) is 0.900. The van der Waals surface area contributed by atoms with Gasteiger partial charge in [0.25, 0.3) is 0 Å². The molecule has 0 bridgehead atoms. The number of alkyl halides is 2. The van der Waals surface area contributed by atoms with Crippen molar-refractivity contribution >= 4 is 23.4 Å². The molecule has 2 aliphatic carbocycles. The summed E-state index contributed by atoms with van der Waals surface area (Å²) >= 11 is 6.11. The van der Waals surface area contributed by atoms with Gasteiger partial charge in [-0.05, 0) is 44.4 Å². The number of fused-ring (bicyclic) bond motifs is 2. The third kappa shape index (κ3) is 3.66. The summed E-state index contributed by atoms with van der Waals surface area (Å²) in [6.45, 7) is 1.27. The number of likely N-dealkylation sites (N-methyl/N-ethyl adjacent to an activating group) is 1. The minimum Gasteiger partial charge on any atom is -0.341 e. The monoisotopic (exact) mass is 427 g/mol. The summed E-state index contributed by atoms with van der Waals surface area (Å²) in [5.41, 5.74) is 6.47. The summed E-state index contributed by atoms with van der Waals surface area (Å²) < 4.78 is 14.0. The van der Waals surface area contributed by atoms with Crippen molar-refractivity contribution in [1.82, 2.24) is 26.0 Å². The first-order chi connectivity index (χ1) is 13.9. The molecule has 3 aliphatic heterocycles. The molecule has 29 heavy (non-hydrogen) atoms. The van der Waals surface area contributed by atoms with Gasteiger partial charge in [-0.1, -0.05) is 0 Å². The quantitative estimate of drug-likeness (QED) is 0.568. The number of rotatable bonds is 3. The van der Waals surface area contributed by atoms with Crippen LogP contribution in [0.5, 0.6) is 0 Å². The Bertz CT molecular complexity index is 661. The van der Waals surface area contributed by atoms with E-state index in [1.165, 1.54) is 0 Å². The van der Waals surface area contributed by atoms with E-state index in [1.807, 2.05) is 16.8 Å². The lowest BCUT2D eigenvalue weighted by Gasteiger charge is -2.37. The fourth-order valence-electron chi connectivity index (χ4n) is 5.78. The highest BCUT2D eigenvalue weighted by atomic mass is 35.5. The number of carbonyl (C=O) groups excluding carboxylic acids is 2. The van der Waals surface area contributed by atoms with Crippen LogP contribution >= 0.6 is 11.6 Å². The maximum atomic E-state index is 14.0. The molecule has 162 valence electrons. The topological polar surface area (TPSA) is 76.7 Å². The first-order valence-electron chi connectivity index (χ1n) is 11.0. The van der Waals surface area contributed by atoms with Crippen LogP contribution in [0.2, 0.25) is 0 Å². The van der Waals surface area contributed by atoms with Gasteiger partial charge in [-0.15, -0.1) is 11.6 Å². The number of piperidine rings is 1. The van der Waals surface area contributed by atoms with Crippen molar-refractivity contribution in [3.05, 3.63) is 0 Å². The number of halogens is 2. The highest BCUT2D eigenvalue weighted by molar-refractivity contribution is 6.21. The van der Waals surface area contributed by atoms with Crippen LogP contribution in [0.4, 0.5) is 4.39 Å². The average molecular weight is 428 g/mol. The minimum atomic E-state index is -0.977. The Balaban J connectivity index is 1.22. The van der Waals surface area contributed by atoms with E-state index in [2.05, 4.69) is 16.2 Å². The van der Waals surface area contributed by atoms with E-state index in [0.717, 1.165) is 19.3 Å². The summed E-state index contributed by atoms with van der Waals surface area (Å²) in [7, 11) is 1.88. The van der Waals surface area contributed by atoms with Crippen molar-refractivity contribution in [2.45, 2.75) is 80.3 Å². The number of hydrogen-bond donors (Lipinski definition) is 3. The number of amides is 2. The number of nitrogens with one attached hydrogen (secondary N) is 3. The van der Waals surface area contributed by atoms with E-state index in [4.69, 9.17) is 11.6 Å². The van der Waals surface area contributed by atoms with Crippen LogP contribution in [0.15, 0.2) is 0 Å². The molecule has 8 atom stereocenters. The second kappa shape index (κ2) is 7.62. The third-order valence-corrected chi connectivity index (χ3v) is 8.20. The lowest BCUT2D eigenvalue weighted by molar-refractivity contribution is -0.138. The Morgan fingerprint density at radius 1 is 1.10 bits per heavy atom. The highest BCUT2D eigenvalue weighted by Crippen LogP contribution is 2.38. The first kappa shape index (κ1) is 20.0. The van der Waals surface area contributed by atoms with Gasteiger partial charge in [0.1, 0.15) is 12.2 Å². The molecule has 8 unspecified atom stereocenters. The predicted octanol–water partition coefficient (Wildman–Crippen LogP) is 0.387. The summed E-state index contributed by atoms with van der Waals surface area (Å²) in [4.78, 5) is 29.9. The van der Waals surface area contributed by atoms with Gasteiger partial charge < -0.3 is 15.1 Å². The van der Waals surface area contributed by atoms with E-state index in [9.17, 15) is 14.0 Å². The van der Waals surface area contributed by atoms with Gasteiger partial charge >= 0.3 is 0 Å². The fourth-order valence-corrected chi connectivity index (χ4v) is 6.07. The highest BCUT2D eigenvalue weighted by Gasteiger charge is 2.49. The molecule has 0 spiro atoms. The zero-order valence-corrected chi connectivity index (χ0v) is 17.6. The summed E-state index contributed by atoms with van der Waals surface area (Å²) in [5.74, 6) is 0.470. The van der Waals surface area contributed by atoms with Crippen LogP contribution in [-0.2, 0) is 9.59 Å². The second-order valence-electron chi connectivity index (χ2n) is 9.61. The van der Waals surface area contributed by atoms with Crippen molar-refractivity contribution in [1.29, 1.82) is 0 Å².